The highest BCUT2D eigenvalue weighted by Gasteiger charge is 2.35. The molecule has 0 radical (unpaired) electrons. The van der Waals surface area contributed by atoms with Gasteiger partial charge in [-0.2, -0.15) is 13.2 Å². The normalized spacial score (nSPS) is 11.0. The summed E-state index contributed by atoms with van der Waals surface area (Å²) in [5, 5.41) is 9.52. The van der Waals surface area contributed by atoms with E-state index in [1.807, 2.05) is 0 Å². The van der Waals surface area contributed by atoms with Crippen LogP contribution in [0.5, 0.6) is 5.75 Å². The molecule has 134 valence electrons. The molecule has 0 bridgehead atoms. The maximum atomic E-state index is 12.4. The van der Waals surface area contributed by atoms with Crippen LogP contribution in [-0.4, -0.2) is 29.1 Å². The van der Waals surface area contributed by atoms with E-state index >= 15 is 0 Å². The zero-order valence-corrected chi connectivity index (χ0v) is 13.7. The smallest absolute Gasteiger partial charge is 0.445 e. The van der Waals surface area contributed by atoms with Crippen LogP contribution >= 0.6 is 11.3 Å². The molecule has 7 nitrogen and oxygen atoms in total. The van der Waals surface area contributed by atoms with Crippen molar-refractivity contribution in [2.45, 2.75) is 19.0 Å². The molecule has 0 atom stereocenters. The van der Waals surface area contributed by atoms with Gasteiger partial charge in [-0.1, -0.05) is 17.4 Å². The van der Waals surface area contributed by atoms with E-state index < -0.39 is 23.0 Å². The molecule has 0 saturated carbocycles. The van der Waals surface area contributed by atoms with Gasteiger partial charge in [0.2, 0.25) is 22.0 Å². The molecular formula is C14H13F3N4O3S. The molecule has 0 aliphatic heterocycles. The fraction of sp³-hybridized carbons (Fsp3) is 0.286. The predicted molar refractivity (Wildman–Crippen MR) is 84.4 cm³/mol. The molecule has 11 heteroatoms. The summed E-state index contributed by atoms with van der Waals surface area (Å²) in [6.07, 6.45) is -4.97. The molecule has 2 aromatic rings. The van der Waals surface area contributed by atoms with Crippen LogP contribution in [-0.2, 0) is 15.8 Å². The van der Waals surface area contributed by atoms with Crippen molar-refractivity contribution < 1.29 is 27.5 Å². The third kappa shape index (κ3) is 5.71. The van der Waals surface area contributed by atoms with Crippen LogP contribution in [0.2, 0.25) is 0 Å². The number of nitrogens with zero attached hydrogens (tertiary/aromatic N) is 2. The van der Waals surface area contributed by atoms with Gasteiger partial charge in [-0.25, -0.2) is 0 Å². The average molecular weight is 374 g/mol. The summed E-state index contributed by atoms with van der Waals surface area (Å²) < 4.78 is 42.2. The first-order valence-electron chi connectivity index (χ1n) is 6.92. The van der Waals surface area contributed by atoms with Gasteiger partial charge in [0.1, 0.15) is 5.75 Å². The lowest BCUT2D eigenvalue weighted by Crippen LogP contribution is -2.17. The number of ether oxygens (including phenoxy) is 1. The first-order chi connectivity index (χ1) is 11.8. The van der Waals surface area contributed by atoms with Crippen molar-refractivity contribution in [3.63, 3.8) is 0 Å². The molecule has 2 rings (SSSR count). The fourth-order valence-corrected chi connectivity index (χ4v) is 2.35. The molecule has 0 unspecified atom stereocenters. The molecule has 25 heavy (non-hydrogen) atoms. The number of hydrogen-bond donors (Lipinski definition) is 2. The molecule has 2 amide bonds. The topological polar surface area (TPSA) is 93.2 Å². The van der Waals surface area contributed by atoms with Crippen LogP contribution in [0.1, 0.15) is 17.8 Å². The number of rotatable bonds is 6. The average Bonchev–Trinajstić information content (AvgIpc) is 3.02. The van der Waals surface area contributed by atoms with Gasteiger partial charge < -0.3 is 15.4 Å². The molecule has 0 aliphatic rings. The quantitative estimate of drug-likeness (QED) is 0.811. The minimum Gasteiger partial charge on any atom is -0.497 e. The van der Waals surface area contributed by atoms with Crippen molar-refractivity contribution in [2.75, 3.05) is 17.7 Å². The molecule has 1 aromatic heterocycles. The number of carbonyl (C=O) groups excluding carboxylic acids is 2. The minimum atomic E-state index is -4.61. The van der Waals surface area contributed by atoms with Gasteiger partial charge in [0.05, 0.1) is 7.11 Å². The van der Waals surface area contributed by atoms with Crippen LogP contribution < -0.4 is 15.4 Å². The van der Waals surface area contributed by atoms with E-state index in [1.54, 1.807) is 24.3 Å². The van der Waals surface area contributed by atoms with Gasteiger partial charge in [-0.15, -0.1) is 10.2 Å². The van der Waals surface area contributed by atoms with Crippen LogP contribution in [0.4, 0.5) is 24.0 Å². The fourth-order valence-electron chi connectivity index (χ4n) is 1.72. The highest BCUT2D eigenvalue weighted by molar-refractivity contribution is 7.15. The third-order valence-electron chi connectivity index (χ3n) is 2.85. The maximum Gasteiger partial charge on any atom is 0.445 e. The summed E-state index contributed by atoms with van der Waals surface area (Å²) in [5.74, 6) is -0.491. The largest absolute Gasteiger partial charge is 0.497 e. The molecule has 2 N–H and O–H groups in total. The van der Waals surface area contributed by atoms with E-state index in [-0.39, 0.29) is 29.3 Å². The summed E-state index contributed by atoms with van der Waals surface area (Å²) in [6, 6.07) is 6.66. The highest BCUT2D eigenvalue weighted by Crippen LogP contribution is 2.33. The van der Waals surface area contributed by atoms with Crippen molar-refractivity contribution in [2.24, 2.45) is 0 Å². The van der Waals surface area contributed by atoms with Crippen molar-refractivity contribution in [3.8, 4) is 5.75 Å². The van der Waals surface area contributed by atoms with E-state index in [9.17, 15) is 22.8 Å². The molecule has 0 aliphatic carbocycles. The van der Waals surface area contributed by atoms with Crippen molar-refractivity contribution in [1.29, 1.82) is 0 Å². The number of halogens is 3. The number of amides is 2. The van der Waals surface area contributed by atoms with Gasteiger partial charge in [0.15, 0.2) is 0 Å². The van der Waals surface area contributed by atoms with Crippen LogP contribution in [0.25, 0.3) is 0 Å². The van der Waals surface area contributed by atoms with Gasteiger partial charge in [0, 0.05) is 24.6 Å². The first kappa shape index (κ1) is 18.6. The molecular weight excluding hydrogens is 361 g/mol. The predicted octanol–water partition coefficient (Wildman–Crippen LogP) is 2.92. The van der Waals surface area contributed by atoms with Crippen LogP contribution in [0, 0.1) is 0 Å². The van der Waals surface area contributed by atoms with E-state index in [4.69, 9.17) is 4.74 Å². The number of nitrogens with one attached hydrogen (secondary N) is 2. The molecule has 0 fully saturated rings. The Balaban J connectivity index is 1.81. The zero-order chi connectivity index (χ0) is 18.4. The Kier molecular flexibility index (Phi) is 5.91. The van der Waals surface area contributed by atoms with E-state index in [1.165, 1.54) is 7.11 Å². The van der Waals surface area contributed by atoms with Gasteiger partial charge in [-0.3, -0.25) is 9.59 Å². The maximum absolute atomic E-state index is 12.4. The number of carbonyl (C=O) groups is 2. The SMILES string of the molecule is COc1cccc(NC(=O)CCC(=O)Nc2nnc(C(F)(F)F)s2)c1. The highest BCUT2D eigenvalue weighted by atomic mass is 32.1. The van der Waals surface area contributed by atoms with E-state index in [2.05, 4.69) is 20.8 Å². The second-order valence-corrected chi connectivity index (χ2v) is 5.72. The summed E-state index contributed by atoms with van der Waals surface area (Å²) in [7, 11) is 1.49. The number of aromatic nitrogens is 2. The molecule has 1 aromatic carbocycles. The molecule has 1 heterocycles. The summed E-state index contributed by atoms with van der Waals surface area (Å²) >= 11 is 0.216. The Labute approximate surface area is 144 Å². The Morgan fingerprint density at radius 2 is 1.84 bits per heavy atom. The zero-order valence-electron chi connectivity index (χ0n) is 12.9. The lowest BCUT2D eigenvalue weighted by molar-refractivity contribution is -0.138. The van der Waals surface area contributed by atoms with Gasteiger partial charge in [0.25, 0.3) is 0 Å². The number of methoxy groups -OCH3 is 1. The second-order valence-electron chi connectivity index (χ2n) is 4.74. The lowest BCUT2D eigenvalue weighted by Gasteiger charge is -2.06. The summed E-state index contributed by atoms with van der Waals surface area (Å²) in [6.45, 7) is 0. The molecule has 0 saturated heterocycles. The first-order valence-corrected chi connectivity index (χ1v) is 7.74. The Morgan fingerprint density at radius 1 is 1.16 bits per heavy atom. The summed E-state index contributed by atoms with van der Waals surface area (Å²) in [4.78, 5) is 23.5. The number of hydrogen-bond acceptors (Lipinski definition) is 6. The Morgan fingerprint density at radius 3 is 2.44 bits per heavy atom. The number of benzene rings is 1. The van der Waals surface area contributed by atoms with Crippen molar-refractivity contribution in [3.05, 3.63) is 29.3 Å². The summed E-state index contributed by atoms with van der Waals surface area (Å²) in [5.41, 5.74) is 0.503. The van der Waals surface area contributed by atoms with E-state index in [0.717, 1.165) is 0 Å². The van der Waals surface area contributed by atoms with Crippen molar-refractivity contribution in [1.82, 2.24) is 10.2 Å². The monoisotopic (exact) mass is 374 g/mol. The van der Waals surface area contributed by atoms with Gasteiger partial charge >= 0.3 is 6.18 Å². The lowest BCUT2D eigenvalue weighted by atomic mass is 10.2. The third-order valence-corrected chi connectivity index (χ3v) is 3.73. The van der Waals surface area contributed by atoms with E-state index in [0.29, 0.717) is 11.4 Å². The number of alkyl halides is 3. The van der Waals surface area contributed by atoms with Crippen LogP contribution in [0.15, 0.2) is 24.3 Å². The molecule has 0 spiro atoms. The Bertz CT molecular complexity index is 764. The standard InChI is InChI=1S/C14H13F3N4O3S/c1-24-9-4-2-3-8(7-9)18-10(22)5-6-11(23)19-13-21-20-12(25-13)14(15,16)17/h2-4,7H,5-6H2,1H3,(H,18,22)(H,19,21,23). The second kappa shape index (κ2) is 7.92. The minimum absolute atomic E-state index is 0.145. The van der Waals surface area contributed by atoms with Crippen LogP contribution in [0.3, 0.4) is 0 Å². The Hall–Kier alpha value is -2.69. The van der Waals surface area contributed by atoms with Gasteiger partial charge in [-0.05, 0) is 12.1 Å². The van der Waals surface area contributed by atoms with Crippen molar-refractivity contribution >= 4 is 34.0 Å². The number of anilines is 2.